The molecule has 4 rings (SSSR count). The summed E-state index contributed by atoms with van der Waals surface area (Å²) in [4.78, 5) is 21.1. The first-order chi connectivity index (χ1) is 12.3. The van der Waals surface area contributed by atoms with E-state index in [1.54, 1.807) is 0 Å². The van der Waals surface area contributed by atoms with E-state index in [0.29, 0.717) is 5.69 Å². The van der Waals surface area contributed by atoms with Gasteiger partial charge in [0.2, 0.25) is 0 Å². The Morgan fingerprint density at radius 1 is 1.24 bits per heavy atom. The largest absolute Gasteiger partial charge is 0.379 e. The molecule has 1 atom stereocenters. The zero-order chi connectivity index (χ0) is 17.1. The molecule has 134 valence electrons. The number of aromatic amines is 1. The van der Waals surface area contributed by atoms with Crippen LogP contribution in [-0.4, -0.2) is 77.6 Å². The number of ether oxygens (including phenoxy) is 1. The van der Waals surface area contributed by atoms with Gasteiger partial charge in [-0.05, 0) is 24.3 Å². The number of aromatic nitrogens is 1. The summed E-state index contributed by atoms with van der Waals surface area (Å²) in [5.41, 5.74) is 1.74. The van der Waals surface area contributed by atoms with Gasteiger partial charge in [-0.2, -0.15) is 11.8 Å². The average Bonchev–Trinajstić information content (AvgIpc) is 2.95. The normalized spacial score (nSPS) is 22.9. The molecule has 2 fully saturated rings. The third-order valence-electron chi connectivity index (χ3n) is 5.03. The van der Waals surface area contributed by atoms with E-state index in [1.165, 1.54) is 0 Å². The van der Waals surface area contributed by atoms with Crippen molar-refractivity contribution in [1.29, 1.82) is 0 Å². The number of nitrogens with one attached hydrogen (secondary N) is 1. The molecule has 1 aromatic heterocycles. The molecule has 2 aliphatic rings. The van der Waals surface area contributed by atoms with Gasteiger partial charge in [0.05, 0.1) is 19.3 Å². The number of hydrogen-bond donors (Lipinski definition) is 1. The summed E-state index contributed by atoms with van der Waals surface area (Å²) in [5, 5.41) is 1.10. The molecule has 1 amide bonds. The van der Waals surface area contributed by atoms with Gasteiger partial charge in [0.25, 0.3) is 5.91 Å². The molecule has 0 bridgehead atoms. The summed E-state index contributed by atoms with van der Waals surface area (Å²) >= 11 is 1.97. The van der Waals surface area contributed by atoms with Crippen LogP contribution in [-0.2, 0) is 4.74 Å². The number of amides is 1. The van der Waals surface area contributed by atoms with Crippen LogP contribution in [0.25, 0.3) is 10.9 Å². The minimum absolute atomic E-state index is 0.136. The van der Waals surface area contributed by atoms with E-state index in [2.05, 4.69) is 14.8 Å². The van der Waals surface area contributed by atoms with Gasteiger partial charge in [-0.15, -0.1) is 0 Å². The maximum atomic E-state index is 13.2. The molecule has 2 aliphatic heterocycles. The van der Waals surface area contributed by atoms with Gasteiger partial charge in [0.15, 0.2) is 0 Å². The highest BCUT2D eigenvalue weighted by atomic mass is 32.2. The third kappa shape index (κ3) is 3.86. The Balaban J connectivity index is 1.54. The topological polar surface area (TPSA) is 48.6 Å². The van der Waals surface area contributed by atoms with Crippen molar-refractivity contribution in [3.8, 4) is 0 Å². The van der Waals surface area contributed by atoms with Crippen LogP contribution >= 0.6 is 11.8 Å². The van der Waals surface area contributed by atoms with Crippen molar-refractivity contribution >= 4 is 28.6 Å². The molecule has 5 nitrogen and oxygen atoms in total. The number of rotatable bonds is 3. The molecule has 1 unspecified atom stereocenters. The first kappa shape index (κ1) is 16.9. The predicted octanol–water partition coefficient (Wildman–Crippen LogP) is 2.45. The van der Waals surface area contributed by atoms with Crippen LogP contribution < -0.4 is 0 Å². The fraction of sp³-hybridized carbons (Fsp3) is 0.526. The maximum absolute atomic E-state index is 13.2. The number of carbonyl (C=O) groups excluding carboxylic acids is 1. The number of thioether (sulfide) groups is 1. The summed E-state index contributed by atoms with van der Waals surface area (Å²) in [6.07, 6.45) is 1.07. The smallest absolute Gasteiger partial charge is 0.270 e. The molecule has 0 radical (unpaired) electrons. The van der Waals surface area contributed by atoms with Crippen LogP contribution in [0.2, 0.25) is 0 Å². The zero-order valence-corrected chi connectivity index (χ0v) is 15.3. The number of fused-ring (bicyclic) bond motifs is 1. The fourth-order valence-electron chi connectivity index (χ4n) is 3.67. The van der Waals surface area contributed by atoms with Crippen molar-refractivity contribution in [1.82, 2.24) is 14.8 Å². The summed E-state index contributed by atoms with van der Waals surface area (Å²) < 4.78 is 5.46. The average molecular weight is 359 g/mol. The Morgan fingerprint density at radius 2 is 2.08 bits per heavy atom. The molecule has 2 saturated heterocycles. The first-order valence-electron chi connectivity index (χ1n) is 9.08. The summed E-state index contributed by atoms with van der Waals surface area (Å²) in [5.74, 6) is 2.29. The highest BCUT2D eigenvalue weighted by Gasteiger charge is 2.29. The Bertz CT molecular complexity index is 693. The molecular weight excluding hydrogens is 334 g/mol. The lowest BCUT2D eigenvalue weighted by Gasteiger charge is -2.35. The molecule has 1 N–H and O–H groups in total. The second-order valence-electron chi connectivity index (χ2n) is 6.76. The minimum atomic E-state index is 0.136. The quantitative estimate of drug-likeness (QED) is 0.915. The van der Waals surface area contributed by atoms with Gasteiger partial charge in [0, 0.05) is 42.8 Å². The lowest BCUT2D eigenvalue weighted by atomic mass is 10.2. The number of morpholine rings is 1. The van der Waals surface area contributed by atoms with E-state index < -0.39 is 0 Å². The fourth-order valence-corrected chi connectivity index (χ4v) is 4.73. The van der Waals surface area contributed by atoms with Gasteiger partial charge in [-0.25, -0.2) is 0 Å². The number of H-pyrrole nitrogens is 1. The van der Waals surface area contributed by atoms with E-state index >= 15 is 0 Å². The van der Waals surface area contributed by atoms with Crippen LogP contribution in [0.15, 0.2) is 30.3 Å². The molecular formula is C19H25N3O2S. The Morgan fingerprint density at radius 3 is 2.92 bits per heavy atom. The second-order valence-corrected chi connectivity index (χ2v) is 7.91. The lowest BCUT2D eigenvalue weighted by Crippen LogP contribution is -2.50. The van der Waals surface area contributed by atoms with Gasteiger partial charge in [-0.1, -0.05) is 18.2 Å². The highest BCUT2D eigenvalue weighted by molar-refractivity contribution is 7.99. The summed E-state index contributed by atoms with van der Waals surface area (Å²) in [7, 11) is 0. The molecule has 0 saturated carbocycles. The number of hydrogen-bond acceptors (Lipinski definition) is 4. The molecule has 25 heavy (non-hydrogen) atoms. The monoisotopic (exact) mass is 359 g/mol. The summed E-state index contributed by atoms with van der Waals surface area (Å²) in [6.45, 7) is 5.33. The van der Waals surface area contributed by atoms with E-state index in [1.807, 2.05) is 42.1 Å². The molecule has 0 spiro atoms. The van der Waals surface area contributed by atoms with Crippen molar-refractivity contribution in [3.05, 3.63) is 36.0 Å². The lowest BCUT2D eigenvalue weighted by molar-refractivity contribution is 0.0244. The molecule has 3 heterocycles. The van der Waals surface area contributed by atoms with Crippen LogP contribution in [0.5, 0.6) is 0 Å². The third-order valence-corrected chi connectivity index (χ3v) is 6.23. The predicted molar refractivity (Wildman–Crippen MR) is 102 cm³/mol. The minimum Gasteiger partial charge on any atom is -0.379 e. The number of nitrogens with zero attached hydrogens (tertiary/aromatic N) is 2. The highest BCUT2D eigenvalue weighted by Crippen LogP contribution is 2.22. The van der Waals surface area contributed by atoms with E-state index in [0.717, 1.165) is 68.2 Å². The van der Waals surface area contributed by atoms with Gasteiger partial charge in [0.1, 0.15) is 5.69 Å². The van der Waals surface area contributed by atoms with Crippen LogP contribution in [0, 0.1) is 0 Å². The SMILES string of the molecule is O=C(c1cc2ccccc2[nH]1)N1CCCSCC1CN1CCOCC1. The van der Waals surface area contributed by atoms with E-state index in [-0.39, 0.29) is 11.9 Å². The molecule has 1 aromatic carbocycles. The van der Waals surface area contributed by atoms with Crippen molar-refractivity contribution in [2.24, 2.45) is 0 Å². The Kier molecular flexibility index (Phi) is 5.29. The maximum Gasteiger partial charge on any atom is 0.270 e. The number of carbonyl (C=O) groups is 1. The van der Waals surface area contributed by atoms with Crippen molar-refractivity contribution in [2.75, 3.05) is 50.9 Å². The van der Waals surface area contributed by atoms with E-state index in [4.69, 9.17) is 4.74 Å². The summed E-state index contributed by atoms with van der Waals surface area (Å²) in [6, 6.07) is 10.3. The van der Waals surface area contributed by atoms with Crippen molar-refractivity contribution in [2.45, 2.75) is 12.5 Å². The molecule has 6 heteroatoms. The Hall–Kier alpha value is -1.50. The van der Waals surface area contributed by atoms with Crippen molar-refractivity contribution in [3.63, 3.8) is 0 Å². The Labute approximate surface area is 152 Å². The first-order valence-corrected chi connectivity index (χ1v) is 10.2. The standard InChI is InChI=1S/C19H25N3O2S/c23-19(18-12-15-4-1-2-5-17(15)20-18)22-6-3-11-25-14-16(22)13-21-7-9-24-10-8-21/h1-2,4-5,12,16,20H,3,6-11,13-14H2. The second kappa shape index (κ2) is 7.81. The number of para-hydroxylation sites is 1. The van der Waals surface area contributed by atoms with Crippen LogP contribution in [0.3, 0.4) is 0 Å². The van der Waals surface area contributed by atoms with Gasteiger partial charge < -0.3 is 14.6 Å². The van der Waals surface area contributed by atoms with Crippen molar-refractivity contribution < 1.29 is 9.53 Å². The van der Waals surface area contributed by atoms with Gasteiger partial charge in [-0.3, -0.25) is 9.69 Å². The van der Waals surface area contributed by atoms with Crippen LogP contribution in [0.4, 0.5) is 0 Å². The molecule has 0 aliphatic carbocycles. The van der Waals surface area contributed by atoms with Crippen LogP contribution in [0.1, 0.15) is 16.9 Å². The zero-order valence-electron chi connectivity index (χ0n) is 14.4. The van der Waals surface area contributed by atoms with E-state index in [9.17, 15) is 4.79 Å². The number of benzene rings is 1. The molecule has 2 aromatic rings. The van der Waals surface area contributed by atoms with Gasteiger partial charge >= 0.3 is 0 Å².